The highest BCUT2D eigenvalue weighted by molar-refractivity contribution is 6.39. The van der Waals surface area contributed by atoms with Crippen molar-refractivity contribution in [2.45, 2.75) is 83.2 Å². The highest BCUT2D eigenvalue weighted by Crippen LogP contribution is 2.61. The molecule has 3 saturated carbocycles. The normalized spacial score (nSPS) is 30.6. The molecule has 4 atom stereocenters. The summed E-state index contributed by atoms with van der Waals surface area (Å²) in [5.41, 5.74) is 0.0788. The summed E-state index contributed by atoms with van der Waals surface area (Å²) in [7, 11) is 0. The second-order valence-electron chi connectivity index (χ2n) is 10.2. The predicted octanol–water partition coefficient (Wildman–Crippen LogP) is 7.88. The Bertz CT molecular complexity index is 1070. The Balaban J connectivity index is 0.00000130. The summed E-state index contributed by atoms with van der Waals surface area (Å²) in [4.78, 5) is 0. The monoisotopic (exact) mass is 543 g/mol. The van der Waals surface area contributed by atoms with Gasteiger partial charge in [0.15, 0.2) is 5.79 Å². The smallest absolute Gasteiger partial charge is 0.267 e. The van der Waals surface area contributed by atoms with Crippen LogP contribution in [0.1, 0.15) is 70.1 Å². The molecule has 4 fully saturated rings. The fraction of sp³-hybridized carbons (Fsp3) is 0.667. The molecule has 2 bridgehead atoms. The van der Waals surface area contributed by atoms with Crippen molar-refractivity contribution in [1.29, 1.82) is 0 Å². The molecule has 0 radical (unpaired) electrons. The largest absolute Gasteiger partial charge is 0.364 e. The van der Waals surface area contributed by atoms with Gasteiger partial charge in [-0.25, -0.2) is 8.78 Å². The fourth-order valence-corrected chi connectivity index (χ4v) is 7.01. The number of ether oxygens (including phenoxy) is 3. The molecule has 36 heavy (non-hydrogen) atoms. The number of rotatable bonds is 6. The lowest BCUT2D eigenvalue weighted by Gasteiger charge is -2.48. The maximum absolute atomic E-state index is 14.7. The standard InChI is InChI=1S/C25H27Cl2F2NO4.C2H6/c1-13-9-15-10-24(23(28)29,11-17(13)25(15)31-7-8-32-25)33-12-16-21(30-34-22(16)14-5-6-14)20-18(26)3-2-4-19(20)27;1-2/h2-4,13-15,17,23H,5-12H2,1H3;1-2H3. The topological polar surface area (TPSA) is 53.7 Å². The van der Waals surface area contributed by atoms with Gasteiger partial charge in [0.1, 0.15) is 17.1 Å². The van der Waals surface area contributed by atoms with Crippen LogP contribution in [0, 0.1) is 17.8 Å². The Kier molecular flexibility index (Phi) is 7.42. The van der Waals surface area contributed by atoms with Gasteiger partial charge in [0.2, 0.25) is 0 Å². The van der Waals surface area contributed by atoms with Gasteiger partial charge in [-0.1, -0.05) is 55.2 Å². The average Bonchev–Trinajstić information content (AvgIpc) is 3.41. The number of benzene rings is 1. The second kappa shape index (κ2) is 10.1. The highest BCUT2D eigenvalue weighted by atomic mass is 35.5. The Hall–Kier alpha value is -1.25. The van der Waals surface area contributed by atoms with Crippen molar-refractivity contribution in [2.75, 3.05) is 13.2 Å². The summed E-state index contributed by atoms with van der Waals surface area (Å²) in [6.45, 7) is 7.08. The van der Waals surface area contributed by atoms with Crippen molar-refractivity contribution in [1.82, 2.24) is 5.16 Å². The Morgan fingerprint density at radius 2 is 1.78 bits per heavy atom. The summed E-state index contributed by atoms with van der Waals surface area (Å²) in [5.74, 6) is 0.123. The average molecular weight is 544 g/mol. The molecular weight excluding hydrogens is 511 g/mol. The van der Waals surface area contributed by atoms with E-state index in [0.29, 0.717) is 45.8 Å². The molecule has 4 unspecified atom stereocenters. The first-order chi connectivity index (χ1) is 17.3. The minimum absolute atomic E-state index is 0.0426. The first-order valence-corrected chi connectivity index (χ1v) is 13.7. The summed E-state index contributed by atoms with van der Waals surface area (Å²) in [5, 5.41) is 5.11. The van der Waals surface area contributed by atoms with Crippen LogP contribution in [0.5, 0.6) is 0 Å². The summed E-state index contributed by atoms with van der Waals surface area (Å²) < 4.78 is 53.4. The zero-order valence-corrected chi connectivity index (χ0v) is 22.4. The van der Waals surface area contributed by atoms with Gasteiger partial charge in [-0.05, 0) is 50.2 Å². The van der Waals surface area contributed by atoms with Crippen molar-refractivity contribution >= 4 is 23.2 Å². The van der Waals surface area contributed by atoms with Crippen molar-refractivity contribution < 1.29 is 27.5 Å². The molecule has 5 nitrogen and oxygen atoms in total. The van der Waals surface area contributed by atoms with Gasteiger partial charge < -0.3 is 18.7 Å². The molecule has 1 aromatic carbocycles. The SMILES string of the molecule is CC.CC1CC2CC(OCc3c(-c4c(Cl)cccc4Cl)noc3C3CC3)(C(F)F)CC1C21OCCO1. The second-order valence-corrected chi connectivity index (χ2v) is 11.1. The maximum Gasteiger partial charge on any atom is 0.267 e. The van der Waals surface area contributed by atoms with Crippen LogP contribution in [0.25, 0.3) is 11.3 Å². The number of hydrogen-bond donors (Lipinski definition) is 0. The molecule has 1 saturated heterocycles. The van der Waals surface area contributed by atoms with E-state index < -0.39 is 17.8 Å². The van der Waals surface area contributed by atoms with E-state index in [0.717, 1.165) is 19.3 Å². The van der Waals surface area contributed by atoms with E-state index in [9.17, 15) is 8.78 Å². The lowest BCUT2D eigenvalue weighted by molar-refractivity contribution is -0.277. The van der Waals surface area contributed by atoms with Gasteiger partial charge in [-0.2, -0.15) is 0 Å². The van der Waals surface area contributed by atoms with Crippen LogP contribution >= 0.6 is 23.2 Å². The number of halogens is 4. The van der Waals surface area contributed by atoms with Gasteiger partial charge in [-0.3, -0.25) is 0 Å². The molecular formula is C27H33Cl2F2NO4. The van der Waals surface area contributed by atoms with Crippen molar-refractivity contribution in [3.05, 3.63) is 39.6 Å². The zero-order valence-electron chi connectivity index (χ0n) is 20.9. The number of alkyl halides is 2. The first kappa shape index (κ1) is 26.4. The highest BCUT2D eigenvalue weighted by Gasteiger charge is 2.66. The van der Waals surface area contributed by atoms with Crippen LogP contribution in [0.4, 0.5) is 8.78 Å². The Morgan fingerprint density at radius 1 is 1.11 bits per heavy atom. The quantitative estimate of drug-likeness (QED) is 0.370. The van der Waals surface area contributed by atoms with Gasteiger partial charge in [0, 0.05) is 28.9 Å². The third kappa shape index (κ3) is 4.29. The Morgan fingerprint density at radius 3 is 2.36 bits per heavy atom. The van der Waals surface area contributed by atoms with E-state index in [2.05, 4.69) is 12.1 Å². The molecule has 0 N–H and O–H groups in total. The molecule has 2 heterocycles. The van der Waals surface area contributed by atoms with Gasteiger partial charge in [0.25, 0.3) is 6.43 Å². The van der Waals surface area contributed by atoms with Gasteiger partial charge in [-0.15, -0.1) is 0 Å². The van der Waals surface area contributed by atoms with Gasteiger partial charge >= 0.3 is 0 Å². The fourth-order valence-electron chi connectivity index (χ4n) is 6.44. The third-order valence-corrected chi connectivity index (χ3v) is 8.82. The van der Waals surface area contributed by atoms with E-state index in [1.54, 1.807) is 18.2 Å². The number of nitrogens with zero attached hydrogens (tertiary/aromatic N) is 1. The minimum atomic E-state index is -2.64. The Labute approximate surface area is 220 Å². The van der Waals surface area contributed by atoms with E-state index in [-0.39, 0.29) is 43.1 Å². The molecule has 9 heteroatoms. The zero-order chi connectivity index (χ0) is 25.7. The van der Waals surface area contributed by atoms with E-state index in [4.69, 9.17) is 41.9 Å². The van der Waals surface area contributed by atoms with E-state index in [1.807, 2.05) is 13.8 Å². The first-order valence-electron chi connectivity index (χ1n) is 13.0. The predicted molar refractivity (Wildman–Crippen MR) is 133 cm³/mol. The minimum Gasteiger partial charge on any atom is -0.364 e. The molecule has 198 valence electrons. The van der Waals surface area contributed by atoms with Crippen LogP contribution < -0.4 is 0 Å². The van der Waals surface area contributed by atoms with Crippen molar-refractivity contribution in [3.8, 4) is 11.3 Å². The molecule has 1 aromatic heterocycles. The summed E-state index contributed by atoms with van der Waals surface area (Å²) in [6.07, 6.45) is 0.474. The van der Waals surface area contributed by atoms with Crippen LogP contribution in [0.3, 0.4) is 0 Å². The van der Waals surface area contributed by atoms with Crippen LogP contribution in [0.15, 0.2) is 22.7 Å². The van der Waals surface area contributed by atoms with Crippen LogP contribution in [-0.2, 0) is 20.8 Å². The van der Waals surface area contributed by atoms with Gasteiger partial charge in [0.05, 0.1) is 29.9 Å². The van der Waals surface area contributed by atoms with Crippen molar-refractivity contribution in [2.24, 2.45) is 17.8 Å². The van der Waals surface area contributed by atoms with E-state index >= 15 is 0 Å². The van der Waals surface area contributed by atoms with Crippen LogP contribution in [0.2, 0.25) is 10.0 Å². The molecule has 6 rings (SSSR count). The lowest BCUT2D eigenvalue weighted by atomic mass is 9.72. The molecule has 0 amide bonds. The van der Waals surface area contributed by atoms with Crippen molar-refractivity contribution in [3.63, 3.8) is 0 Å². The molecule has 3 aliphatic carbocycles. The molecule has 1 spiro atoms. The summed E-state index contributed by atoms with van der Waals surface area (Å²) in [6, 6.07) is 5.20. The third-order valence-electron chi connectivity index (χ3n) is 8.19. The maximum atomic E-state index is 14.7. The molecule has 4 aliphatic rings. The molecule has 2 aromatic rings. The van der Waals surface area contributed by atoms with E-state index in [1.165, 1.54) is 0 Å². The molecule has 1 aliphatic heterocycles. The lowest BCUT2D eigenvalue weighted by Crippen LogP contribution is -2.56. The van der Waals surface area contributed by atoms with Crippen LogP contribution in [-0.4, -0.2) is 36.2 Å². The summed E-state index contributed by atoms with van der Waals surface area (Å²) >= 11 is 12.9. The number of aromatic nitrogens is 1. The number of hydrogen-bond acceptors (Lipinski definition) is 5.